The van der Waals surface area contributed by atoms with Crippen molar-refractivity contribution in [2.45, 2.75) is 31.1 Å². The zero-order chi connectivity index (χ0) is 15.2. The van der Waals surface area contributed by atoms with Gasteiger partial charge in [-0.3, -0.25) is 0 Å². The molecule has 7 heteroatoms. The maximum absolute atomic E-state index is 12.0. The Balaban J connectivity index is 2.86. The lowest BCUT2D eigenvalue weighted by atomic mass is 10.2. The number of rotatable bonds is 7. The summed E-state index contributed by atoms with van der Waals surface area (Å²) in [5.74, 6) is -0.602. The molecule has 0 heterocycles. The second kappa shape index (κ2) is 7.61. The Morgan fingerprint density at radius 1 is 1.35 bits per heavy atom. The molecule has 0 aliphatic rings. The summed E-state index contributed by atoms with van der Waals surface area (Å²) in [7, 11) is -2.36. The van der Waals surface area contributed by atoms with Crippen molar-refractivity contribution in [3.8, 4) is 0 Å². The molecule has 0 spiro atoms. The largest absolute Gasteiger partial charge is 0.465 e. The third-order valence-electron chi connectivity index (χ3n) is 2.73. The molecule has 0 aliphatic carbocycles. The summed E-state index contributed by atoms with van der Waals surface area (Å²) in [5, 5.41) is 0.0493. The van der Waals surface area contributed by atoms with E-state index in [1.807, 2.05) is 6.92 Å². The fraction of sp³-hybridized carbons (Fsp3) is 0.462. The first-order valence-corrected chi connectivity index (χ1v) is 8.16. The predicted octanol–water partition coefficient (Wildman–Crippen LogP) is 2.60. The van der Waals surface area contributed by atoms with E-state index in [2.05, 4.69) is 9.46 Å². The van der Waals surface area contributed by atoms with Gasteiger partial charge in [0, 0.05) is 6.54 Å². The maximum atomic E-state index is 12.0. The summed E-state index contributed by atoms with van der Waals surface area (Å²) in [6, 6.07) is 3.92. The summed E-state index contributed by atoms with van der Waals surface area (Å²) in [5.41, 5.74) is 0.138. The van der Waals surface area contributed by atoms with Crippen molar-refractivity contribution >= 4 is 27.6 Å². The second-order valence-corrected chi connectivity index (χ2v) is 6.41. The molecule has 20 heavy (non-hydrogen) atoms. The number of nitrogens with one attached hydrogen (secondary N) is 1. The van der Waals surface area contributed by atoms with Crippen LogP contribution in [0, 0.1) is 0 Å². The molecule has 0 bridgehead atoms. The Morgan fingerprint density at radius 3 is 2.60 bits per heavy atom. The zero-order valence-corrected chi connectivity index (χ0v) is 13.1. The highest BCUT2D eigenvalue weighted by molar-refractivity contribution is 7.89. The normalized spacial score (nSPS) is 11.3. The van der Waals surface area contributed by atoms with E-state index in [1.165, 1.54) is 25.3 Å². The van der Waals surface area contributed by atoms with Gasteiger partial charge in [-0.1, -0.05) is 31.4 Å². The molecule has 0 radical (unpaired) electrons. The van der Waals surface area contributed by atoms with E-state index in [1.54, 1.807) is 0 Å². The van der Waals surface area contributed by atoms with E-state index in [0.29, 0.717) is 6.54 Å². The lowest BCUT2D eigenvalue weighted by molar-refractivity contribution is 0.0601. The molecule has 5 nitrogen and oxygen atoms in total. The Bertz CT molecular complexity index is 572. The molecule has 0 saturated carbocycles. The van der Waals surface area contributed by atoms with Crippen LogP contribution in [0.15, 0.2) is 23.1 Å². The summed E-state index contributed by atoms with van der Waals surface area (Å²) in [4.78, 5) is 11.4. The van der Waals surface area contributed by atoms with Crippen LogP contribution in [0.25, 0.3) is 0 Å². The molecule has 1 aromatic carbocycles. The number of hydrogen-bond donors (Lipinski definition) is 1. The number of methoxy groups -OCH3 is 1. The minimum atomic E-state index is -3.60. The minimum Gasteiger partial charge on any atom is -0.465 e. The van der Waals surface area contributed by atoms with Crippen molar-refractivity contribution in [2.24, 2.45) is 0 Å². The standard InChI is InChI=1S/C13H18ClNO4S/c1-3-4-5-8-15-20(17,18)10-6-7-11(12(14)9-10)13(16)19-2/h6-7,9,15H,3-5,8H2,1-2H3. The summed E-state index contributed by atoms with van der Waals surface area (Å²) < 4.78 is 31.1. The van der Waals surface area contributed by atoms with Gasteiger partial charge in [0.2, 0.25) is 10.0 Å². The maximum Gasteiger partial charge on any atom is 0.339 e. The number of unbranched alkanes of at least 4 members (excludes halogenated alkanes) is 2. The molecule has 1 rings (SSSR count). The summed E-state index contributed by atoms with van der Waals surface area (Å²) >= 11 is 5.90. The Labute approximate surface area is 124 Å². The average Bonchev–Trinajstić information content (AvgIpc) is 2.42. The zero-order valence-electron chi connectivity index (χ0n) is 11.5. The SMILES string of the molecule is CCCCCNS(=O)(=O)c1ccc(C(=O)OC)c(Cl)c1. The van der Waals surface area contributed by atoms with E-state index in [4.69, 9.17) is 11.6 Å². The van der Waals surface area contributed by atoms with E-state index in [9.17, 15) is 13.2 Å². The number of ether oxygens (including phenoxy) is 1. The second-order valence-electron chi connectivity index (χ2n) is 4.24. The smallest absolute Gasteiger partial charge is 0.339 e. The molecule has 1 aromatic rings. The molecule has 0 unspecified atom stereocenters. The van der Waals surface area contributed by atoms with Gasteiger partial charge in [0.15, 0.2) is 0 Å². The minimum absolute atomic E-state index is 0.0339. The molecule has 0 aliphatic heterocycles. The molecule has 0 aromatic heterocycles. The first kappa shape index (κ1) is 16.9. The van der Waals surface area contributed by atoms with E-state index < -0.39 is 16.0 Å². The highest BCUT2D eigenvalue weighted by Gasteiger charge is 2.17. The number of sulfonamides is 1. The molecule has 0 saturated heterocycles. The van der Waals surface area contributed by atoms with Gasteiger partial charge in [-0.15, -0.1) is 0 Å². The molecule has 1 N–H and O–H groups in total. The van der Waals surface area contributed by atoms with Crippen molar-refractivity contribution in [1.29, 1.82) is 0 Å². The third-order valence-corrected chi connectivity index (χ3v) is 4.50. The molecule has 0 fully saturated rings. The monoisotopic (exact) mass is 319 g/mol. The van der Waals surface area contributed by atoms with E-state index in [0.717, 1.165) is 19.3 Å². The Kier molecular flexibility index (Phi) is 6.45. The predicted molar refractivity (Wildman–Crippen MR) is 77.5 cm³/mol. The number of halogens is 1. The van der Waals surface area contributed by atoms with Crippen LogP contribution >= 0.6 is 11.6 Å². The number of benzene rings is 1. The lowest BCUT2D eigenvalue weighted by Gasteiger charge is -2.08. The Hall–Kier alpha value is -1.11. The number of carbonyl (C=O) groups is 1. The van der Waals surface area contributed by atoms with Gasteiger partial charge in [0.1, 0.15) is 0 Å². The molecular formula is C13H18ClNO4S. The quantitative estimate of drug-likeness (QED) is 0.619. The Morgan fingerprint density at radius 2 is 2.05 bits per heavy atom. The number of esters is 1. The third kappa shape index (κ3) is 4.47. The van der Waals surface area contributed by atoms with Gasteiger partial charge < -0.3 is 4.74 Å². The van der Waals surface area contributed by atoms with Crippen LogP contribution in [-0.2, 0) is 14.8 Å². The van der Waals surface area contributed by atoms with Crippen molar-refractivity contribution in [1.82, 2.24) is 4.72 Å². The van der Waals surface area contributed by atoms with Crippen LogP contribution in [0.4, 0.5) is 0 Å². The van der Waals surface area contributed by atoms with Crippen LogP contribution < -0.4 is 4.72 Å². The highest BCUT2D eigenvalue weighted by Crippen LogP contribution is 2.21. The van der Waals surface area contributed by atoms with Crippen molar-refractivity contribution in [2.75, 3.05) is 13.7 Å². The van der Waals surface area contributed by atoms with Crippen LogP contribution in [0.3, 0.4) is 0 Å². The van der Waals surface area contributed by atoms with Gasteiger partial charge in [-0.05, 0) is 24.6 Å². The van der Waals surface area contributed by atoms with Gasteiger partial charge in [-0.2, -0.15) is 0 Å². The molecule has 0 amide bonds. The van der Waals surface area contributed by atoms with Crippen LogP contribution in [-0.4, -0.2) is 28.0 Å². The van der Waals surface area contributed by atoms with Crippen LogP contribution in [0.5, 0.6) is 0 Å². The van der Waals surface area contributed by atoms with E-state index >= 15 is 0 Å². The number of carbonyl (C=O) groups excluding carboxylic acids is 1. The van der Waals surface area contributed by atoms with Gasteiger partial charge >= 0.3 is 5.97 Å². The molecule has 0 atom stereocenters. The van der Waals surface area contributed by atoms with Crippen LogP contribution in [0.1, 0.15) is 36.5 Å². The summed E-state index contributed by atoms with van der Waals surface area (Å²) in [6.45, 7) is 2.42. The number of hydrogen-bond acceptors (Lipinski definition) is 4. The topological polar surface area (TPSA) is 72.5 Å². The van der Waals surface area contributed by atoms with Gasteiger partial charge in [0.25, 0.3) is 0 Å². The van der Waals surface area contributed by atoms with Crippen molar-refractivity contribution in [3.05, 3.63) is 28.8 Å². The van der Waals surface area contributed by atoms with E-state index in [-0.39, 0.29) is 15.5 Å². The lowest BCUT2D eigenvalue weighted by Crippen LogP contribution is -2.24. The fourth-order valence-corrected chi connectivity index (χ4v) is 3.03. The van der Waals surface area contributed by atoms with Gasteiger partial charge in [-0.25, -0.2) is 17.9 Å². The van der Waals surface area contributed by atoms with Crippen molar-refractivity contribution < 1.29 is 17.9 Å². The van der Waals surface area contributed by atoms with Crippen LogP contribution in [0.2, 0.25) is 5.02 Å². The first-order valence-electron chi connectivity index (χ1n) is 6.30. The fourth-order valence-electron chi connectivity index (χ4n) is 1.60. The molecular weight excluding hydrogens is 302 g/mol. The van der Waals surface area contributed by atoms with Gasteiger partial charge in [0.05, 0.1) is 22.6 Å². The summed E-state index contributed by atoms with van der Waals surface area (Å²) in [6.07, 6.45) is 2.76. The average molecular weight is 320 g/mol. The van der Waals surface area contributed by atoms with Crippen molar-refractivity contribution in [3.63, 3.8) is 0 Å². The highest BCUT2D eigenvalue weighted by atomic mass is 35.5. The first-order chi connectivity index (χ1) is 9.42. The molecule has 112 valence electrons.